The molecule has 0 aliphatic carbocycles. The lowest BCUT2D eigenvalue weighted by Gasteiger charge is -2.01. The summed E-state index contributed by atoms with van der Waals surface area (Å²) in [5, 5.41) is 10.8. The second-order valence-electron chi connectivity index (χ2n) is 3.91. The van der Waals surface area contributed by atoms with E-state index < -0.39 is 4.92 Å². The van der Waals surface area contributed by atoms with E-state index in [2.05, 4.69) is 15.0 Å². The maximum absolute atomic E-state index is 10.8. The van der Waals surface area contributed by atoms with Crippen molar-refractivity contribution in [3.63, 3.8) is 0 Å². The molecule has 92 valence electrons. The molecule has 0 fully saturated rings. The van der Waals surface area contributed by atoms with E-state index in [1.807, 2.05) is 6.07 Å². The monoisotopic (exact) mass is 252 g/mol. The largest absolute Gasteiger partial charge is 0.270 e. The summed E-state index contributed by atoms with van der Waals surface area (Å²) in [5.74, 6) is 0. The lowest BCUT2D eigenvalue weighted by Crippen LogP contribution is -1.92. The SMILES string of the molecule is O=[N+]([O-])c1cccc(-c2cnc3cccnc3n2)c1. The Hall–Kier alpha value is -2.89. The smallest absolute Gasteiger partial charge is 0.258 e. The number of nitro benzene ring substituents is 1. The van der Waals surface area contributed by atoms with Gasteiger partial charge in [-0.25, -0.2) is 9.97 Å². The Morgan fingerprint density at radius 2 is 2.00 bits per heavy atom. The summed E-state index contributed by atoms with van der Waals surface area (Å²) in [6.07, 6.45) is 3.22. The summed E-state index contributed by atoms with van der Waals surface area (Å²) in [7, 11) is 0. The molecular weight excluding hydrogens is 244 g/mol. The van der Waals surface area contributed by atoms with Gasteiger partial charge in [0.05, 0.1) is 16.8 Å². The molecular formula is C13H8N4O2. The molecule has 0 radical (unpaired) electrons. The normalized spacial score (nSPS) is 10.5. The van der Waals surface area contributed by atoms with Gasteiger partial charge in [-0.3, -0.25) is 15.1 Å². The van der Waals surface area contributed by atoms with Gasteiger partial charge in [0, 0.05) is 23.9 Å². The highest BCUT2D eigenvalue weighted by Crippen LogP contribution is 2.22. The van der Waals surface area contributed by atoms with Gasteiger partial charge in [0.15, 0.2) is 5.65 Å². The molecule has 3 aromatic rings. The third-order valence-corrected chi connectivity index (χ3v) is 2.67. The van der Waals surface area contributed by atoms with Crippen molar-refractivity contribution >= 4 is 16.9 Å². The van der Waals surface area contributed by atoms with Crippen molar-refractivity contribution in [2.75, 3.05) is 0 Å². The molecule has 1 aromatic carbocycles. The number of nitrogens with zero attached hydrogens (tertiary/aromatic N) is 4. The molecule has 0 N–H and O–H groups in total. The van der Waals surface area contributed by atoms with Crippen LogP contribution < -0.4 is 0 Å². The molecule has 0 bridgehead atoms. The summed E-state index contributed by atoms with van der Waals surface area (Å²) < 4.78 is 0. The number of pyridine rings is 1. The summed E-state index contributed by atoms with van der Waals surface area (Å²) in [6.45, 7) is 0. The van der Waals surface area contributed by atoms with Crippen molar-refractivity contribution in [3.8, 4) is 11.3 Å². The molecule has 0 unspecified atom stereocenters. The van der Waals surface area contributed by atoms with Gasteiger partial charge in [-0.1, -0.05) is 12.1 Å². The molecule has 3 rings (SSSR count). The first-order valence-corrected chi connectivity index (χ1v) is 5.56. The molecule has 0 aliphatic rings. The number of rotatable bonds is 2. The molecule has 0 saturated heterocycles. The highest BCUT2D eigenvalue weighted by molar-refractivity contribution is 5.73. The summed E-state index contributed by atoms with van der Waals surface area (Å²) in [4.78, 5) is 23.0. The predicted octanol–water partition coefficient (Wildman–Crippen LogP) is 2.60. The van der Waals surface area contributed by atoms with E-state index in [4.69, 9.17) is 0 Å². The standard InChI is InChI=1S/C13H8N4O2/c18-17(19)10-4-1-3-9(7-10)12-8-15-11-5-2-6-14-13(11)16-12/h1-8H. The Balaban J connectivity index is 2.13. The number of hydrogen-bond acceptors (Lipinski definition) is 5. The Labute approximate surface area is 107 Å². The van der Waals surface area contributed by atoms with Gasteiger partial charge in [0.1, 0.15) is 5.52 Å². The van der Waals surface area contributed by atoms with E-state index in [0.717, 1.165) is 0 Å². The zero-order chi connectivity index (χ0) is 13.2. The highest BCUT2D eigenvalue weighted by Gasteiger charge is 2.09. The van der Waals surface area contributed by atoms with Gasteiger partial charge < -0.3 is 0 Å². The van der Waals surface area contributed by atoms with Crippen LogP contribution in [0.3, 0.4) is 0 Å². The van der Waals surface area contributed by atoms with Crippen molar-refractivity contribution in [3.05, 3.63) is 58.9 Å². The average molecular weight is 252 g/mol. The van der Waals surface area contributed by atoms with E-state index >= 15 is 0 Å². The Morgan fingerprint density at radius 1 is 1.11 bits per heavy atom. The maximum atomic E-state index is 10.8. The van der Waals surface area contributed by atoms with Crippen LogP contribution >= 0.6 is 0 Å². The number of aromatic nitrogens is 3. The zero-order valence-electron chi connectivity index (χ0n) is 9.72. The van der Waals surface area contributed by atoms with Crippen LogP contribution in [-0.4, -0.2) is 19.9 Å². The average Bonchev–Trinajstić information content (AvgIpc) is 2.47. The van der Waals surface area contributed by atoms with Crippen LogP contribution in [0.4, 0.5) is 5.69 Å². The van der Waals surface area contributed by atoms with E-state index in [0.29, 0.717) is 22.4 Å². The molecule has 0 atom stereocenters. The van der Waals surface area contributed by atoms with Crippen LogP contribution in [0.15, 0.2) is 48.8 Å². The van der Waals surface area contributed by atoms with Crippen LogP contribution in [0.2, 0.25) is 0 Å². The fraction of sp³-hybridized carbons (Fsp3) is 0. The summed E-state index contributed by atoms with van der Waals surface area (Å²) in [5.41, 5.74) is 2.45. The molecule has 0 spiro atoms. The fourth-order valence-electron chi connectivity index (χ4n) is 1.77. The van der Waals surface area contributed by atoms with Gasteiger partial charge in [0.25, 0.3) is 5.69 Å². The van der Waals surface area contributed by atoms with Gasteiger partial charge >= 0.3 is 0 Å². The van der Waals surface area contributed by atoms with Crippen LogP contribution in [0.5, 0.6) is 0 Å². The van der Waals surface area contributed by atoms with Gasteiger partial charge in [-0.15, -0.1) is 0 Å². The molecule has 0 aliphatic heterocycles. The lowest BCUT2D eigenvalue weighted by atomic mass is 10.1. The second kappa shape index (κ2) is 4.41. The number of hydrogen-bond donors (Lipinski definition) is 0. The van der Waals surface area contributed by atoms with Crippen LogP contribution in [-0.2, 0) is 0 Å². The Morgan fingerprint density at radius 3 is 2.84 bits per heavy atom. The van der Waals surface area contributed by atoms with Crippen LogP contribution in [0, 0.1) is 10.1 Å². The first kappa shape index (κ1) is 11.2. The second-order valence-corrected chi connectivity index (χ2v) is 3.91. The fourth-order valence-corrected chi connectivity index (χ4v) is 1.77. The third kappa shape index (κ3) is 2.11. The predicted molar refractivity (Wildman–Crippen MR) is 69.4 cm³/mol. The topological polar surface area (TPSA) is 81.8 Å². The molecule has 6 heteroatoms. The van der Waals surface area contributed by atoms with Crippen molar-refractivity contribution in [2.24, 2.45) is 0 Å². The quantitative estimate of drug-likeness (QED) is 0.517. The van der Waals surface area contributed by atoms with E-state index in [1.165, 1.54) is 12.1 Å². The van der Waals surface area contributed by atoms with Crippen molar-refractivity contribution in [2.45, 2.75) is 0 Å². The van der Waals surface area contributed by atoms with Gasteiger partial charge in [-0.05, 0) is 12.1 Å². The minimum Gasteiger partial charge on any atom is -0.258 e. The molecule has 2 aromatic heterocycles. The Bertz CT molecular complexity index is 773. The minimum absolute atomic E-state index is 0.0282. The number of benzene rings is 1. The lowest BCUT2D eigenvalue weighted by molar-refractivity contribution is -0.384. The minimum atomic E-state index is -0.434. The van der Waals surface area contributed by atoms with E-state index in [1.54, 1.807) is 30.6 Å². The summed E-state index contributed by atoms with van der Waals surface area (Å²) in [6, 6.07) is 9.88. The van der Waals surface area contributed by atoms with Crippen molar-refractivity contribution < 1.29 is 4.92 Å². The van der Waals surface area contributed by atoms with Crippen LogP contribution in [0.1, 0.15) is 0 Å². The number of fused-ring (bicyclic) bond motifs is 1. The van der Waals surface area contributed by atoms with Crippen molar-refractivity contribution in [1.82, 2.24) is 15.0 Å². The molecule has 19 heavy (non-hydrogen) atoms. The third-order valence-electron chi connectivity index (χ3n) is 2.67. The maximum Gasteiger partial charge on any atom is 0.270 e. The highest BCUT2D eigenvalue weighted by atomic mass is 16.6. The number of nitro groups is 1. The Kier molecular flexibility index (Phi) is 2.60. The van der Waals surface area contributed by atoms with E-state index in [-0.39, 0.29) is 5.69 Å². The van der Waals surface area contributed by atoms with Gasteiger partial charge in [-0.2, -0.15) is 0 Å². The molecule has 0 saturated carbocycles. The molecule has 0 amide bonds. The number of non-ortho nitro benzene ring substituents is 1. The van der Waals surface area contributed by atoms with E-state index in [9.17, 15) is 10.1 Å². The van der Waals surface area contributed by atoms with Crippen molar-refractivity contribution in [1.29, 1.82) is 0 Å². The summed E-state index contributed by atoms with van der Waals surface area (Å²) >= 11 is 0. The van der Waals surface area contributed by atoms with Gasteiger partial charge in [0.2, 0.25) is 0 Å². The first-order chi connectivity index (χ1) is 9.24. The first-order valence-electron chi connectivity index (χ1n) is 5.56. The molecule has 6 nitrogen and oxygen atoms in total. The molecule has 2 heterocycles. The zero-order valence-corrected chi connectivity index (χ0v) is 9.72. The van der Waals surface area contributed by atoms with Crippen LogP contribution in [0.25, 0.3) is 22.4 Å².